The summed E-state index contributed by atoms with van der Waals surface area (Å²) in [4.78, 5) is 0. The first-order chi connectivity index (χ1) is 5.23. The second-order valence-electron chi connectivity index (χ2n) is 3.40. The Morgan fingerprint density at radius 1 is 1.09 bits per heavy atom. The molecule has 1 aliphatic rings. The molecule has 1 unspecified atom stereocenters. The van der Waals surface area contributed by atoms with Crippen molar-refractivity contribution in [2.75, 3.05) is 0 Å². The predicted octanol–water partition coefficient (Wildman–Crippen LogP) is 2.90. The van der Waals surface area contributed by atoms with Crippen LogP contribution < -0.4 is 0 Å². The summed E-state index contributed by atoms with van der Waals surface area (Å²) in [5.74, 6) is 0. The van der Waals surface area contributed by atoms with Crippen LogP contribution in [0.15, 0.2) is 42.0 Å². The highest BCUT2D eigenvalue weighted by Gasteiger charge is 2.36. The molecule has 0 heterocycles. The van der Waals surface area contributed by atoms with Gasteiger partial charge in [0.2, 0.25) is 0 Å². The highest BCUT2D eigenvalue weighted by molar-refractivity contribution is 5.52. The summed E-state index contributed by atoms with van der Waals surface area (Å²) in [5.41, 5.74) is 3.20. The van der Waals surface area contributed by atoms with Crippen LogP contribution in [0.4, 0.5) is 0 Å². The average molecular weight is 144 g/mol. The molecular formula is C11H12. The van der Waals surface area contributed by atoms with Gasteiger partial charge in [-0.1, -0.05) is 42.0 Å². The molecule has 1 aromatic rings. The fourth-order valence-electron chi connectivity index (χ4n) is 1.49. The quantitative estimate of drug-likeness (QED) is 0.532. The molecule has 0 saturated carbocycles. The van der Waals surface area contributed by atoms with Crippen LogP contribution >= 0.6 is 0 Å². The Kier molecular flexibility index (Phi) is 1.19. The predicted molar refractivity (Wildman–Crippen MR) is 47.6 cm³/mol. The van der Waals surface area contributed by atoms with Crippen molar-refractivity contribution in [2.24, 2.45) is 0 Å². The number of benzene rings is 1. The smallest absolute Gasteiger partial charge is 0.0313 e. The molecule has 1 aliphatic carbocycles. The Bertz CT molecular complexity index is 295. The van der Waals surface area contributed by atoms with E-state index in [0.29, 0.717) is 5.41 Å². The zero-order valence-electron chi connectivity index (χ0n) is 6.96. The minimum absolute atomic E-state index is 0.293. The number of rotatable bonds is 1. The van der Waals surface area contributed by atoms with E-state index < -0.39 is 0 Å². The summed E-state index contributed by atoms with van der Waals surface area (Å²) >= 11 is 0. The van der Waals surface area contributed by atoms with Crippen LogP contribution in [0.3, 0.4) is 0 Å². The Hall–Kier alpha value is -1.04. The van der Waals surface area contributed by atoms with E-state index in [-0.39, 0.29) is 0 Å². The summed E-state index contributed by atoms with van der Waals surface area (Å²) in [6.07, 6.45) is 2.31. The molecule has 0 radical (unpaired) electrons. The van der Waals surface area contributed by atoms with E-state index in [2.05, 4.69) is 50.3 Å². The molecular weight excluding hydrogens is 132 g/mol. The van der Waals surface area contributed by atoms with E-state index in [4.69, 9.17) is 0 Å². The molecule has 1 aromatic carbocycles. The van der Waals surface area contributed by atoms with Crippen molar-refractivity contribution in [3.63, 3.8) is 0 Å². The standard InChI is InChI=1S/C11H12/c1-9-8-11(9,2)10-6-4-3-5-7-10/h3-8H,1-2H3. The van der Waals surface area contributed by atoms with Gasteiger partial charge >= 0.3 is 0 Å². The van der Waals surface area contributed by atoms with Gasteiger partial charge in [0.15, 0.2) is 0 Å². The highest BCUT2D eigenvalue weighted by atomic mass is 14.4. The summed E-state index contributed by atoms with van der Waals surface area (Å²) in [6, 6.07) is 10.6. The largest absolute Gasteiger partial charge is 0.0701 e. The minimum atomic E-state index is 0.293. The van der Waals surface area contributed by atoms with Gasteiger partial charge in [-0.25, -0.2) is 0 Å². The third-order valence-corrected chi connectivity index (χ3v) is 2.61. The van der Waals surface area contributed by atoms with Crippen molar-refractivity contribution in [1.82, 2.24) is 0 Å². The molecule has 0 aromatic heterocycles. The van der Waals surface area contributed by atoms with Crippen LogP contribution in [0.2, 0.25) is 0 Å². The normalized spacial score (nSPS) is 28.0. The molecule has 56 valence electrons. The molecule has 0 amide bonds. The molecule has 0 aliphatic heterocycles. The van der Waals surface area contributed by atoms with Crippen molar-refractivity contribution in [2.45, 2.75) is 19.3 Å². The zero-order valence-corrected chi connectivity index (χ0v) is 6.96. The van der Waals surface area contributed by atoms with Gasteiger partial charge in [0, 0.05) is 5.41 Å². The van der Waals surface area contributed by atoms with Crippen LogP contribution in [0.5, 0.6) is 0 Å². The topological polar surface area (TPSA) is 0 Å². The molecule has 0 heteroatoms. The van der Waals surface area contributed by atoms with Crippen LogP contribution in [0, 0.1) is 0 Å². The van der Waals surface area contributed by atoms with E-state index in [0.717, 1.165) is 0 Å². The molecule has 0 saturated heterocycles. The third-order valence-electron chi connectivity index (χ3n) is 2.61. The van der Waals surface area contributed by atoms with Crippen molar-refractivity contribution in [1.29, 1.82) is 0 Å². The van der Waals surface area contributed by atoms with Gasteiger partial charge in [-0.3, -0.25) is 0 Å². The second-order valence-corrected chi connectivity index (χ2v) is 3.40. The maximum atomic E-state index is 2.31. The number of hydrogen-bond acceptors (Lipinski definition) is 0. The van der Waals surface area contributed by atoms with Gasteiger partial charge in [0.25, 0.3) is 0 Å². The summed E-state index contributed by atoms with van der Waals surface area (Å²) in [6.45, 7) is 4.45. The minimum Gasteiger partial charge on any atom is -0.0701 e. The lowest BCUT2D eigenvalue weighted by molar-refractivity contribution is 0.834. The molecule has 1 atom stereocenters. The van der Waals surface area contributed by atoms with E-state index in [1.807, 2.05) is 0 Å². The molecule has 0 N–H and O–H groups in total. The van der Waals surface area contributed by atoms with E-state index in [9.17, 15) is 0 Å². The average Bonchev–Trinajstić information content (AvgIpc) is 2.64. The lowest BCUT2D eigenvalue weighted by atomic mass is 9.93. The number of hydrogen-bond donors (Lipinski definition) is 0. The molecule has 2 rings (SSSR count). The zero-order chi connectivity index (χ0) is 7.90. The Morgan fingerprint density at radius 2 is 1.64 bits per heavy atom. The maximum Gasteiger partial charge on any atom is 0.0313 e. The van der Waals surface area contributed by atoms with Crippen molar-refractivity contribution >= 4 is 0 Å². The Balaban J connectivity index is 2.33. The molecule has 0 fully saturated rings. The second kappa shape index (κ2) is 1.97. The SMILES string of the molecule is CC1=CC1(C)c1ccccc1. The fourth-order valence-corrected chi connectivity index (χ4v) is 1.49. The lowest BCUT2D eigenvalue weighted by Gasteiger charge is -2.10. The molecule has 0 nitrogen and oxygen atoms in total. The van der Waals surface area contributed by atoms with Crippen molar-refractivity contribution in [3.05, 3.63) is 47.5 Å². The third kappa shape index (κ3) is 0.900. The highest BCUT2D eigenvalue weighted by Crippen LogP contribution is 2.45. The number of allylic oxidation sites excluding steroid dienone is 2. The molecule has 0 bridgehead atoms. The van der Waals surface area contributed by atoms with Crippen molar-refractivity contribution < 1.29 is 0 Å². The van der Waals surface area contributed by atoms with Gasteiger partial charge < -0.3 is 0 Å². The Labute approximate surface area is 67.6 Å². The molecule has 0 spiro atoms. The van der Waals surface area contributed by atoms with Crippen LogP contribution in [0.25, 0.3) is 0 Å². The van der Waals surface area contributed by atoms with Gasteiger partial charge in [0.05, 0.1) is 0 Å². The van der Waals surface area contributed by atoms with E-state index >= 15 is 0 Å². The lowest BCUT2D eigenvalue weighted by Crippen LogP contribution is -2.03. The van der Waals surface area contributed by atoms with Crippen LogP contribution in [0.1, 0.15) is 19.4 Å². The van der Waals surface area contributed by atoms with Gasteiger partial charge in [-0.2, -0.15) is 0 Å². The van der Waals surface area contributed by atoms with Gasteiger partial charge in [0.1, 0.15) is 0 Å². The van der Waals surface area contributed by atoms with Gasteiger partial charge in [-0.15, -0.1) is 0 Å². The van der Waals surface area contributed by atoms with Gasteiger partial charge in [-0.05, 0) is 19.4 Å². The molecule has 11 heavy (non-hydrogen) atoms. The Morgan fingerprint density at radius 3 is 2.09 bits per heavy atom. The monoisotopic (exact) mass is 144 g/mol. The maximum absolute atomic E-state index is 2.31. The van der Waals surface area contributed by atoms with Crippen LogP contribution in [-0.4, -0.2) is 0 Å². The van der Waals surface area contributed by atoms with E-state index in [1.54, 1.807) is 0 Å². The summed E-state index contributed by atoms with van der Waals surface area (Å²) in [5, 5.41) is 0. The summed E-state index contributed by atoms with van der Waals surface area (Å²) in [7, 11) is 0. The van der Waals surface area contributed by atoms with E-state index in [1.165, 1.54) is 11.1 Å². The first kappa shape index (κ1) is 6.66. The summed E-state index contributed by atoms with van der Waals surface area (Å²) < 4.78 is 0. The van der Waals surface area contributed by atoms with Crippen LogP contribution in [-0.2, 0) is 5.41 Å². The first-order valence-corrected chi connectivity index (χ1v) is 3.99. The fraction of sp³-hybridized carbons (Fsp3) is 0.273. The van der Waals surface area contributed by atoms with Crippen molar-refractivity contribution in [3.8, 4) is 0 Å². The first-order valence-electron chi connectivity index (χ1n) is 3.99.